The van der Waals surface area contributed by atoms with Crippen molar-refractivity contribution in [3.8, 4) is 0 Å². The highest BCUT2D eigenvalue weighted by atomic mass is 32.2. The smallest absolute Gasteiger partial charge is 0.223 e. The molecule has 2 aliphatic rings. The Balaban J connectivity index is 1.53. The van der Waals surface area contributed by atoms with Gasteiger partial charge in [-0.2, -0.15) is 11.8 Å². The fraction of sp³-hybridized carbons (Fsp3) is 0.714. The molecule has 104 valence electrons. The zero-order valence-electron chi connectivity index (χ0n) is 11.3. The molecule has 0 spiro atoms. The summed E-state index contributed by atoms with van der Waals surface area (Å²) in [7, 11) is 0. The molecule has 19 heavy (non-hydrogen) atoms. The first kappa shape index (κ1) is 13.0. The van der Waals surface area contributed by atoms with Crippen LogP contribution in [-0.4, -0.2) is 45.4 Å². The monoisotopic (exact) mass is 279 g/mol. The molecule has 0 aromatic carbocycles. The van der Waals surface area contributed by atoms with E-state index in [0.717, 1.165) is 49.7 Å². The average molecular weight is 279 g/mol. The zero-order chi connectivity index (χ0) is 13.1. The number of aryl methyl sites for hydroxylation is 3. The van der Waals surface area contributed by atoms with Crippen LogP contribution in [0, 0.1) is 0 Å². The number of carbonyl (C=O) groups excluding carboxylic acids is 1. The molecule has 0 bridgehead atoms. The standard InChI is InChI=1S/C14H21N3OS/c18-14(17-7-9-19-10-8-17)6-5-13-15-11-3-1-2-4-12(11)16-13/h1-10H2,(H,15,16). The van der Waals surface area contributed by atoms with E-state index in [1.165, 1.54) is 24.2 Å². The van der Waals surface area contributed by atoms with Gasteiger partial charge in [0, 0.05) is 43.1 Å². The highest BCUT2D eigenvalue weighted by molar-refractivity contribution is 7.99. The van der Waals surface area contributed by atoms with Gasteiger partial charge in [-0.3, -0.25) is 4.79 Å². The maximum absolute atomic E-state index is 12.1. The number of H-pyrrole nitrogens is 1. The Hall–Kier alpha value is -0.970. The molecule has 1 N–H and O–H groups in total. The third kappa shape index (κ3) is 3.14. The van der Waals surface area contributed by atoms with Gasteiger partial charge in [0.25, 0.3) is 0 Å². The topological polar surface area (TPSA) is 49.0 Å². The van der Waals surface area contributed by atoms with Gasteiger partial charge >= 0.3 is 0 Å². The minimum Gasteiger partial charge on any atom is -0.346 e. The molecule has 1 aromatic rings. The van der Waals surface area contributed by atoms with E-state index in [1.54, 1.807) is 0 Å². The number of hydrogen-bond donors (Lipinski definition) is 1. The largest absolute Gasteiger partial charge is 0.346 e. The number of aromatic nitrogens is 2. The predicted octanol–water partition coefficient (Wildman–Crippen LogP) is 1.80. The van der Waals surface area contributed by atoms with Gasteiger partial charge in [-0.25, -0.2) is 4.98 Å². The van der Waals surface area contributed by atoms with Crippen molar-refractivity contribution in [2.45, 2.75) is 38.5 Å². The summed E-state index contributed by atoms with van der Waals surface area (Å²) in [6.07, 6.45) is 6.09. The summed E-state index contributed by atoms with van der Waals surface area (Å²) >= 11 is 1.94. The van der Waals surface area contributed by atoms with Crippen molar-refractivity contribution in [2.24, 2.45) is 0 Å². The number of amides is 1. The van der Waals surface area contributed by atoms with E-state index < -0.39 is 0 Å². The Labute approximate surface area is 118 Å². The molecule has 4 nitrogen and oxygen atoms in total. The lowest BCUT2D eigenvalue weighted by Crippen LogP contribution is -2.38. The molecule has 1 aliphatic carbocycles. The minimum atomic E-state index is 0.287. The first-order valence-electron chi connectivity index (χ1n) is 7.25. The van der Waals surface area contributed by atoms with E-state index in [0.29, 0.717) is 6.42 Å². The van der Waals surface area contributed by atoms with Crippen molar-refractivity contribution in [3.05, 3.63) is 17.2 Å². The number of thioether (sulfide) groups is 1. The van der Waals surface area contributed by atoms with Gasteiger partial charge < -0.3 is 9.88 Å². The normalized spacial score (nSPS) is 19.3. The maximum Gasteiger partial charge on any atom is 0.223 e. The second kappa shape index (κ2) is 5.99. The molecule has 0 saturated carbocycles. The SMILES string of the molecule is O=C(CCc1nc2c([nH]1)CCCC2)N1CCSCC1. The van der Waals surface area contributed by atoms with Crippen molar-refractivity contribution in [1.29, 1.82) is 0 Å². The van der Waals surface area contributed by atoms with E-state index in [9.17, 15) is 4.79 Å². The summed E-state index contributed by atoms with van der Waals surface area (Å²) in [6.45, 7) is 1.83. The summed E-state index contributed by atoms with van der Waals surface area (Å²) in [5, 5.41) is 0. The summed E-state index contributed by atoms with van der Waals surface area (Å²) in [5.74, 6) is 3.46. The number of carbonyl (C=O) groups is 1. The molecule has 5 heteroatoms. The zero-order valence-corrected chi connectivity index (χ0v) is 12.1. The van der Waals surface area contributed by atoms with Gasteiger partial charge in [0.05, 0.1) is 5.69 Å². The van der Waals surface area contributed by atoms with Crippen molar-refractivity contribution in [1.82, 2.24) is 14.9 Å². The summed E-state index contributed by atoms with van der Waals surface area (Å²) in [4.78, 5) is 22.1. The molecule has 1 fully saturated rings. The number of fused-ring (bicyclic) bond motifs is 1. The van der Waals surface area contributed by atoms with Crippen molar-refractivity contribution in [3.63, 3.8) is 0 Å². The molecule has 0 atom stereocenters. The van der Waals surface area contributed by atoms with E-state index >= 15 is 0 Å². The quantitative estimate of drug-likeness (QED) is 0.918. The lowest BCUT2D eigenvalue weighted by molar-refractivity contribution is -0.130. The molecular formula is C14H21N3OS. The molecule has 3 rings (SSSR count). The van der Waals surface area contributed by atoms with Crippen molar-refractivity contribution in [2.75, 3.05) is 24.6 Å². The van der Waals surface area contributed by atoms with Crippen LogP contribution in [0.2, 0.25) is 0 Å². The highest BCUT2D eigenvalue weighted by Crippen LogP contribution is 2.19. The van der Waals surface area contributed by atoms with Crippen LogP contribution >= 0.6 is 11.8 Å². The first-order chi connectivity index (χ1) is 9.33. The first-order valence-corrected chi connectivity index (χ1v) is 8.40. The Morgan fingerprint density at radius 1 is 1.26 bits per heavy atom. The summed E-state index contributed by atoms with van der Waals surface area (Å²) in [5.41, 5.74) is 2.55. The average Bonchev–Trinajstić information content (AvgIpc) is 2.88. The maximum atomic E-state index is 12.1. The Morgan fingerprint density at radius 2 is 2.05 bits per heavy atom. The van der Waals surface area contributed by atoms with Crippen molar-refractivity contribution >= 4 is 17.7 Å². The van der Waals surface area contributed by atoms with Gasteiger partial charge in [-0.05, 0) is 25.7 Å². The van der Waals surface area contributed by atoms with E-state index in [-0.39, 0.29) is 5.91 Å². The second-order valence-electron chi connectivity index (χ2n) is 5.31. The van der Waals surface area contributed by atoms with Gasteiger partial charge in [0.15, 0.2) is 0 Å². The number of rotatable bonds is 3. The third-order valence-electron chi connectivity index (χ3n) is 3.94. The number of hydrogen-bond acceptors (Lipinski definition) is 3. The van der Waals surface area contributed by atoms with Crippen LogP contribution < -0.4 is 0 Å². The molecule has 1 saturated heterocycles. The Bertz CT molecular complexity index is 428. The highest BCUT2D eigenvalue weighted by Gasteiger charge is 2.18. The Morgan fingerprint density at radius 3 is 2.84 bits per heavy atom. The molecule has 0 unspecified atom stereocenters. The number of aromatic amines is 1. The van der Waals surface area contributed by atoms with Gasteiger partial charge in [0.2, 0.25) is 5.91 Å². The Kier molecular flexibility index (Phi) is 4.11. The molecule has 0 radical (unpaired) electrons. The number of nitrogens with zero attached hydrogens (tertiary/aromatic N) is 2. The van der Waals surface area contributed by atoms with Crippen LogP contribution in [0.1, 0.15) is 36.5 Å². The number of nitrogens with one attached hydrogen (secondary N) is 1. The fourth-order valence-electron chi connectivity index (χ4n) is 2.83. The van der Waals surface area contributed by atoms with Crippen LogP contribution in [0.3, 0.4) is 0 Å². The second-order valence-corrected chi connectivity index (χ2v) is 6.53. The van der Waals surface area contributed by atoms with E-state index in [2.05, 4.69) is 9.97 Å². The van der Waals surface area contributed by atoms with Crippen LogP contribution in [0.5, 0.6) is 0 Å². The predicted molar refractivity (Wildman–Crippen MR) is 77.5 cm³/mol. The van der Waals surface area contributed by atoms with Crippen LogP contribution in [0.4, 0.5) is 0 Å². The van der Waals surface area contributed by atoms with Crippen molar-refractivity contribution < 1.29 is 4.79 Å². The fourth-order valence-corrected chi connectivity index (χ4v) is 3.73. The van der Waals surface area contributed by atoms with Gasteiger partial charge in [-0.1, -0.05) is 0 Å². The molecule has 1 amide bonds. The lowest BCUT2D eigenvalue weighted by Gasteiger charge is -2.26. The van der Waals surface area contributed by atoms with Gasteiger partial charge in [-0.15, -0.1) is 0 Å². The molecular weight excluding hydrogens is 258 g/mol. The molecule has 1 aromatic heterocycles. The number of imidazole rings is 1. The molecule has 1 aliphatic heterocycles. The van der Waals surface area contributed by atoms with E-state index in [1.807, 2.05) is 16.7 Å². The van der Waals surface area contributed by atoms with Crippen LogP contribution in [-0.2, 0) is 24.1 Å². The lowest BCUT2D eigenvalue weighted by atomic mass is 10.0. The van der Waals surface area contributed by atoms with Crippen LogP contribution in [0.15, 0.2) is 0 Å². The summed E-state index contributed by atoms with van der Waals surface area (Å²) < 4.78 is 0. The summed E-state index contributed by atoms with van der Waals surface area (Å²) in [6, 6.07) is 0. The molecule has 2 heterocycles. The van der Waals surface area contributed by atoms with Gasteiger partial charge in [0.1, 0.15) is 5.82 Å². The third-order valence-corrected chi connectivity index (χ3v) is 4.89. The van der Waals surface area contributed by atoms with E-state index in [4.69, 9.17) is 0 Å². The van der Waals surface area contributed by atoms with Crippen LogP contribution in [0.25, 0.3) is 0 Å². The minimum absolute atomic E-state index is 0.287.